The molecule has 3 heteroatoms. The van der Waals surface area contributed by atoms with Crippen molar-refractivity contribution < 1.29 is 9.53 Å². The summed E-state index contributed by atoms with van der Waals surface area (Å²) in [4.78, 5) is 14.5. The van der Waals surface area contributed by atoms with Crippen LogP contribution in [-0.2, 0) is 9.53 Å². The average molecular weight is 253 g/mol. The van der Waals surface area contributed by atoms with Crippen LogP contribution in [0.3, 0.4) is 0 Å². The van der Waals surface area contributed by atoms with Crippen LogP contribution in [0.15, 0.2) is 0 Å². The van der Waals surface area contributed by atoms with Gasteiger partial charge in [-0.25, -0.2) is 0 Å². The fourth-order valence-electron chi connectivity index (χ4n) is 3.46. The standard InChI is InChI=1S/C15H27NO2/c1-11-8-16(9-12(2)18-11)10-13-7-15(3,4)6-5-14(13)17/h11-13H,5-10H2,1-4H3. The predicted octanol–water partition coefficient (Wildman–Crippen LogP) is 2.49. The Morgan fingerprint density at radius 2 is 1.89 bits per heavy atom. The maximum atomic E-state index is 12.1. The second-order valence-electron chi connectivity index (χ2n) is 7.01. The smallest absolute Gasteiger partial charge is 0.137 e. The maximum Gasteiger partial charge on any atom is 0.137 e. The van der Waals surface area contributed by atoms with Crippen molar-refractivity contribution in [3.63, 3.8) is 0 Å². The fraction of sp³-hybridized carbons (Fsp3) is 0.933. The van der Waals surface area contributed by atoms with Gasteiger partial charge in [0.15, 0.2) is 0 Å². The molecule has 2 rings (SSSR count). The monoisotopic (exact) mass is 253 g/mol. The lowest BCUT2D eigenvalue weighted by Crippen LogP contribution is -2.49. The first-order valence-corrected chi connectivity index (χ1v) is 7.26. The molecule has 104 valence electrons. The Bertz CT molecular complexity index is 304. The van der Waals surface area contributed by atoms with Gasteiger partial charge in [0.05, 0.1) is 12.2 Å². The lowest BCUT2D eigenvalue weighted by Gasteiger charge is -2.40. The molecule has 3 unspecified atom stereocenters. The number of Topliss-reactive ketones (excluding diaryl/α,β-unsaturated/α-hetero) is 1. The van der Waals surface area contributed by atoms with Crippen LogP contribution in [0.4, 0.5) is 0 Å². The van der Waals surface area contributed by atoms with Crippen LogP contribution in [-0.4, -0.2) is 42.5 Å². The number of carbonyl (C=O) groups excluding carboxylic acids is 1. The van der Waals surface area contributed by atoms with E-state index < -0.39 is 0 Å². The van der Waals surface area contributed by atoms with Crippen LogP contribution < -0.4 is 0 Å². The Balaban J connectivity index is 1.93. The minimum Gasteiger partial charge on any atom is -0.373 e. The summed E-state index contributed by atoms with van der Waals surface area (Å²) in [5.41, 5.74) is 0.335. The molecule has 0 radical (unpaired) electrons. The highest BCUT2D eigenvalue weighted by Crippen LogP contribution is 2.37. The molecule has 3 atom stereocenters. The Morgan fingerprint density at radius 1 is 1.28 bits per heavy atom. The normalized spacial score (nSPS) is 37.8. The van der Waals surface area contributed by atoms with Crippen molar-refractivity contribution in [3.8, 4) is 0 Å². The Labute approximate surface area is 111 Å². The number of hydrogen-bond acceptors (Lipinski definition) is 3. The van der Waals surface area contributed by atoms with Crippen LogP contribution in [0.2, 0.25) is 0 Å². The molecule has 1 heterocycles. The molecule has 0 N–H and O–H groups in total. The molecule has 1 saturated heterocycles. The van der Waals surface area contributed by atoms with Crippen LogP contribution in [0.5, 0.6) is 0 Å². The molecule has 0 spiro atoms. The summed E-state index contributed by atoms with van der Waals surface area (Å²) in [6, 6.07) is 0. The topological polar surface area (TPSA) is 29.5 Å². The van der Waals surface area contributed by atoms with Gasteiger partial charge in [-0.05, 0) is 32.1 Å². The lowest BCUT2D eigenvalue weighted by molar-refractivity contribution is -0.129. The zero-order valence-electron chi connectivity index (χ0n) is 12.2. The summed E-state index contributed by atoms with van der Waals surface area (Å²) in [7, 11) is 0. The van der Waals surface area contributed by atoms with E-state index in [1.54, 1.807) is 0 Å². The van der Waals surface area contributed by atoms with E-state index in [1.807, 2.05) is 0 Å². The van der Waals surface area contributed by atoms with Crippen molar-refractivity contribution in [1.29, 1.82) is 0 Å². The van der Waals surface area contributed by atoms with Gasteiger partial charge in [0.2, 0.25) is 0 Å². The molecule has 2 aliphatic rings. The van der Waals surface area contributed by atoms with Crippen molar-refractivity contribution in [2.75, 3.05) is 19.6 Å². The SMILES string of the molecule is CC1CN(CC2CC(C)(C)CCC2=O)CC(C)O1. The number of morpholine rings is 1. The quantitative estimate of drug-likeness (QED) is 0.757. The van der Waals surface area contributed by atoms with E-state index in [9.17, 15) is 4.79 Å². The first-order valence-electron chi connectivity index (χ1n) is 7.26. The van der Waals surface area contributed by atoms with Crippen LogP contribution in [0, 0.1) is 11.3 Å². The minimum atomic E-state index is 0.242. The highest BCUT2D eigenvalue weighted by molar-refractivity contribution is 5.82. The van der Waals surface area contributed by atoms with Gasteiger partial charge in [0.1, 0.15) is 5.78 Å². The Hall–Kier alpha value is -0.410. The first-order chi connectivity index (χ1) is 8.35. The van der Waals surface area contributed by atoms with E-state index in [-0.39, 0.29) is 5.92 Å². The van der Waals surface area contributed by atoms with Gasteiger partial charge in [0, 0.05) is 32.0 Å². The largest absolute Gasteiger partial charge is 0.373 e. The van der Waals surface area contributed by atoms with Crippen LogP contribution in [0.25, 0.3) is 0 Å². The van der Waals surface area contributed by atoms with Crippen molar-refractivity contribution in [3.05, 3.63) is 0 Å². The van der Waals surface area contributed by atoms with Gasteiger partial charge >= 0.3 is 0 Å². The molecule has 1 aliphatic heterocycles. The zero-order chi connectivity index (χ0) is 13.3. The summed E-state index contributed by atoms with van der Waals surface area (Å²) in [5, 5.41) is 0. The third-order valence-electron chi connectivity index (χ3n) is 4.28. The Kier molecular flexibility index (Phi) is 4.12. The van der Waals surface area contributed by atoms with Gasteiger partial charge in [-0.2, -0.15) is 0 Å². The summed E-state index contributed by atoms with van der Waals surface area (Å²) in [6.07, 6.45) is 3.46. The van der Waals surface area contributed by atoms with Gasteiger partial charge < -0.3 is 4.74 Å². The van der Waals surface area contributed by atoms with Crippen LogP contribution >= 0.6 is 0 Å². The van der Waals surface area contributed by atoms with Gasteiger partial charge in [0.25, 0.3) is 0 Å². The highest BCUT2D eigenvalue weighted by atomic mass is 16.5. The van der Waals surface area contributed by atoms with E-state index in [1.165, 1.54) is 0 Å². The van der Waals surface area contributed by atoms with E-state index >= 15 is 0 Å². The van der Waals surface area contributed by atoms with Crippen LogP contribution in [0.1, 0.15) is 47.0 Å². The highest BCUT2D eigenvalue weighted by Gasteiger charge is 2.35. The molecular formula is C15H27NO2. The number of carbonyl (C=O) groups is 1. The van der Waals surface area contributed by atoms with Gasteiger partial charge in [-0.3, -0.25) is 9.69 Å². The molecule has 18 heavy (non-hydrogen) atoms. The van der Waals surface area contributed by atoms with E-state index in [4.69, 9.17) is 4.74 Å². The molecule has 3 nitrogen and oxygen atoms in total. The van der Waals surface area contributed by atoms with Crippen molar-refractivity contribution in [2.45, 2.75) is 59.2 Å². The third kappa shape index (κ3) is 3.55. The average Bonchev–Trinajstić information content (AvgIpc) is 2.22. The molecule has 0 aromatic rings. The molecule has 2 fully saturated rings. The van der Waals surface area contributed by atoms with E-state index in [0.717, 1.165) is 38.9 Å². The molecule has 1 aliphatic carbocycles. The summed E-state index contributed by atoms with van der Waals surface area (Å²) >= 11 is 0. The van der Waals surface area contributed by atoms with Crippen molar-refractivity contribution >= 4 is 5.78 Å². The number of hydrogen-bond donors (Lipinski definition) is 0. The zero-order valence-corrected chi connectivity index (χ0v) is 12.2. The summed E-state index contributed by atoms with van der Waals surface area (Å²) in [5.74, 6) is 0.715. The first kappa shape index (κ1) is 14.0. The second kappa shape index (κ2) is 5.30. The van der Waals surface area contributed by atoms with Gasteiger partial charge in [-0.1, -0.05) is 13.8 Å². The number of ketones is 1. The third-order valence-corrected chi connectivity index (χ3v) is 4.28. The van der Waals surface area contributed by atoms with E-state index in [2.05, 4.69) is 32.6 Å². The fourth-order valence-corrected chi connectivity index (χ4v) is 3.46. The van der Waals surface area contributed by atoms with Gasteiger partial charge in [-0.15, -0.1) is 0 Å². The summed E-state index contributed by atoms with van der Waals surface area (Å²) in [6.45, 7) is 11.7. The molecular weight excluding hydrogens is 226 g/mol. The van der Waals surface area contributed by atoms with E-state index in [0.29, 0.717) is 23.4 Å². The molecule has 0 aromatic carbocycles. The number of nitrogens with zero attached hydrogens (tertiary/aromatic N) is 1. The van der Waals surface area contributed by atoms with Crippen molar-refractivity contribution in [1.82, 2.24) is 4.90 Å². The Morgan fingerprint density at radius 3 is 2.50 bits per heavy atom. The second-order valence-corrected chi connectivity index (χ2v) is 7.01. The maximum absolute atomic E-state index is 12.1. The molecule has 1 saturated carbocycles. The lowest BCUT2D eigenvalue weighted by atomic mass is 9.71. The van der Waals surface area contributed by atoms with Crippen molar-refractivity contribution in [2.24, 2.45) is 11.3 Å². The minimum absolute atomic E-state index is 0.242. The number of ether oxygens (including phenoxy) is 1. The summed E-state index contributed by atoms with van der Waals surface area (Å²) < 4.78 is 5.75. The number of rotatable bonds is 2. The molecule has 0 bridgehead atoms. The molecule has 0 amide bonds. The molecule has 0 aromatic heterocycles. The predicted molar refractivity (Wildman–Crippen MR) is 72.6 cm³/mol.